The van der Waals surface area contributed by atoms with Crippen LogP contribution in [0.3, 0.4) is 0 Å². The fraction of sp³-hybridized carbons (Fsp3) is 0.238. The van der Waals surface area contributed by atoms with Crippen molar-refractivity contribution in [1.82, 2.24) is 20.2 Å². The molecule has 0 unspecified atom stereocenters. The highest BCUT2D eigenvalue weighted by molar-refractivity contribution is 6.06. The van der Waals surface area contributed by atoms with Crippen molar-refractivity contribution in [1.29, 1.82) is 0 Å². The van der Waals surface area contributed by atoms with E-state index in [9.17, 15) is 14.0 Å². The molecule has 2 heterocycles. The minimum absolute atomic E-state index is 0.0797. The lowest BCUT2D eigenvalue weighted by atomic mass is 10.0. The number of carbonyl (C=O) groups excluding carboxylic acids is 2. The molecule has 1 aromatic heterocycles. The van der Waals surface area contributed by atoms with E-state index < -0.39 is 17.8 Å². The molecule has 1 saturated heterocycles. The van der Waals surface area contributed by atoms with Gasteiger partial charge in [0.1, 0.15) is 17.4 Å². The average molecular weight is 378 g/mol. The predicted octanol–water partition coefficient (Wildman–Crippen LogP) is 2.69. The third-order valence-corrected chi connectivity index (χ3v) is 4.84. The summed E-state index contributed by atoms with van der Waals surface area (Å²) < 4.78 is 13.9. The molecule has 1 fully saturated rings. The third kappa shape index (κ3) is 3.69. The van der Waals surface area contributed by atoms with Gasteiger partial charge in [0.2, 0.25) is 5.91 Å². The highest BCUT2D eigenvalue weighted by Crippen LogP contribution is 2.19. The van der Waals surface area contributed by atoms with Gasteiger partial charge < -0.3 is 10.2 Å². The number of likely N-dealkylation sites (tertiary alicyclic amines) is 1. The van der Waals surface area contributed by atoms with Crippen molar-refractivity contribution in [3.63, 3.8) is 0 Å². The van der Waals surface area contributed by atoms with E-state index in [1.165, 1.54) is 18.5 Å². The van der Waals surface area contributed by atoms with Crippen LogP contribution in [0, 0.1) is 5.82 Å². The lowest BCUT2D eigenvalue weighted by Gasteiger charge is -2.32. The summed E-state index contributed by atoms with van der Waals surface area (Å²) in [6.07, 6.45) is 4.22. The van der Waals surface area contributed by atoms with E-state index >= 15 is 0 Å². The molecular formula is C21H19FN4O2. The Morgan fingerprint density at radius 1 is 1.18 bits per heavy atom. The monoisotopic (exact) mass is 378 g/mol. The molecule has 0 aliphatic carbocycles. The van der Waals surface area contributed by atoms with Crippen molar-refractivity contribution >= 4 is 22.8 Å². The highest BCUT2D eigenvalue weighted by Gasteiger charge is 2.30. The van der Waals surface area contributed by atoms with E-state index in [-0.39, 0.29) is 11.5 Å². The van der Waals surface area contributed by atoms with Gasteiger partial charge in [0, 0.05) is 31.5 Å². The fourth-order valence-electron chi connectivity index (χ4n) is 3.48. The second-order valence-electron chi connectivity index (χ2n) is 6.79. The van der Waals surface area contributed by atoms with Crippen molar-refractivity contribution in [2.45, 2.75) is 25.4 Å². The van der Waals surface area contributed by atoms with Gasteiger partial charge in [-0.1, -0.05) is 30.3 Å². The summed E-state index contributed by atoms with van der Waals surface area (Å²) in [7, 11) is 0. The summed E-state index contributed by atoms with van der Waals surface area (Å²) in [5.74, 6) is -1.22. The maximum Gasteiger partial charge on any atom is 0.254 e. The van der Waals surface area contributed by atoms with Crippen molar-refractivity contribution in [3.8, 4) is 0 Å². The van der Waals surface area contributed by atoms with Crippen molar-refractivity contribution in [2.75, 3.05) is 6.54 Å². The van der Waals surface area contributed by atoms with Crippen LogP contribution in [0.5, 0.6) is 0 Å². The van der Waals surface area contributed by atoms with Gasteiger partial charge in [0.05, 0.1) is 11.1 Å². The normalized spacial score (nSPS) is 17.0. The van der Waals surface area contributed by atoms with E-state index in [0.29, 0.717) is 30.5 Å². The average Bonchev–Trinajstić information content (AvgIpc) is 2.71. The van der Waals surface area contributed by atoms with E-state index in [4.69, 9.17) is 0 Å². The summed E-state index contributed by atoms with van der Waals surface area (Å²) in [5, 5.41) is 2.76. The summed E-state index contributed by atoms with van der Waals surface area (Å²) >= 11 is 0. The summed E-state index contributed by atoms with van der Waals surface area (Å²) in [4.78, 5) is 35.5. The van der Waals surface area contributed by atoms with Crippen LogP contribution in [0.4, 0.5) is 4.39 Å². The molecule has 28 heavy (non-hydrogen) atoms. The summed E-state index contributed by atoms with van der Waals surface area (Å²) in [6, 6.07) is 11.4. The number of rotatable bonds is 4. The Hall–Kier alpha value is -3.35. The first-order valence-corrected chi connectivity index (χ1v) is 9.15. The van der Waals surface area contributed by atoms with Crippen LogP contribution in [-0.4, -0.2) is 39.3 Å². The third-order valence-electron chi connectivity index (χ3n) is 4.84. The Kier molecular flexibility index (Phi) is 4.97. The second-order valence-corrected chi connectivity index (χ2v) is 6.79. The quantitative estimate of drug-likeness (QED) is 0.757. The molecule has 0 spiro atoms. The molecule has 2 amide bonds. The van der Waals surface area contributed by atoms with Crippen molar-refractivity contribution in [2.24, 2.45) is 0 Å². The summed E-state index contributed by atoms with van der Waals surface area (Å²) in [6.45, 7) is 1.15. The Bertz CT molecular complexity index is 1030. The first kappa shape index (κ1) is 18.0. The zero-order valence-electron chi connectivity index (χ0n) is 15.1. The molecule has 0 saturated carbocycles. The number of amides is 2. The molecule has 0 radical (unpaired) electrons. The first-order valence-electron chi connectivity index (χ1n) is 9.15. The van der Waals surface area contributed by atoms with Crippen LogP contribution in [0.1, 0.15) is 28.8 Å². The smallest absolute Gasteiger partial charge is 0.254 e. The van der Waals surface area contributed by atoms with Gasteiger partial charge in [-0.05, 0) is 24.5 Å². The zero-order valence-corrected chi connectivity index (χ0v) is 15.1. The van der Waals surface area contributed by atoms with Crippen LogP contribution in [0.15, 0.2) is 54.9 Å². The lowest BCUT2D eigenvalue weighted by molar-refractivity contribution is -0.136. The van der Waals surface area contributed by atoms with Crippen LogP contribution in [-0.2, 0) is 11.3 Å². The molecule has 142 valence electrons. The number of piperidine rings is 1. The number of fused-ring (bicyclic) bond motifs is 1. The maximum absolute atomic E-state index is 13.9. The maximum atomic E-state index is 13.9. The number of halogens is 1. The molecule has 4 rings (SSSR count). The molecule has 6 nitrogen and oxygen atoms in total. The molecule has 3 aromatic rings. The largest absolute Gasteiger partial charge is 0.340 e. The van der Waals surface area contributed by atoms with Crippen LogP contribution < -0.4 is 5.32 Å². The number of hydrogen-bond donors (Lipinski definition) is 1. The van der Waals surface area contributed by atoms with Gasteiger partial charge in [-0.25, -0.2) is 4.39 Å². The van der Waals surface area contributed by atoms with Gasteiger partial charge >= 0.3 is 0 Å². The minimum atomic E-state index is -0.639. The number of benzene rings is 2. The number of aromatic nitrogens is 2. The topological polar surface area (TPSA) is 75.2 Å². The molecule has 0 bridgehead atoms. The predicted molar refractivity (Wildman–Crippen MR) is 102 cm³/mol. The zero-order chi connectivity index (χ0) is 19.5. The number of hydrogen-bond acceptors (Lipinski definition) is 4. The molecule has 1 aliphatic rings. The van der Waals surface area contributed by atoms with E-state index in [2.05, 4.69) is 15.3 Å². The van der Waals surface area contributed by atoms with Crippen LogP contribution >= 0.6 is 0 Å². The van der Waals surface area contributed by atoms with E-state index in [1.54, 1.807) is 4.90 Å². The molecular weight excluding hydrogens is 359 g/mol. The highest BCUT2D eigenvalue weighted by atomic mass is 19.1. The standard InChI is InChI=1S/C21H19FN4O2/c22-15-11-16(19-18(12-15)23-8-9-24-19)20(27)25-17-7-4-10-26(21(17)28)13-14-5-2-1-3-6-14/h1-3,5-6,8-9,11-12,17H,4,7,10,13H2,(H,25,27)/t17-/m1/s1. The minimum Gasteiger partial charge on any atom is -0.340 e. The molecule has 7 heteroatoms. The molecule has 1 atom stereocenters. The number of nitrogens with zero attached hydrogens (tertiary/aromatic N) is 3. The Balaban J connectivity index is 1.52. The van der Waals surface area contributed by atoms with Crippen molar-refractivity contribution in [3.05, 3.63) is 71.8 Å². The number of nitrogens with one attached hydrogen (secondary N) is 1. The van der Waals surface area contributed by atoms with Gasteiger partial charge in [-0.15, -0.1) is 0 Å². The molecule has 1 N–H and O–H groups in total. The van der Waals surface area contributed by atoms with E-state index in [0.717, 1.165) is 18.1 Å². The van der Waals surface area contributed by atoms with Gasteiger partial charge in [0.15, 0.2) is 0 Å². The second kappa shape index (κ2) is 7.72. The number of carbonyl (C=O) groups is 2. The van der Waals surface area contributed by atoms with Crippen molar-refractivity contribution < 1.29 is 14.0 Å². The molecule has 2 aromatic carbocycles. The fourth-order valence-corrected chi connectivity index (χ4v) is 3.48. The van der Waals surface area contributed by atoms with Gasteiger partial charge in [-0.2, -0.15) is 0 Å². The van der Waals surface area contributed by atoms with Gasteiger partial charge in [0.25, 0.3) is 5.91 Å². The molecule has 1 aliphatic heterocycles. The Morgan fingerprint density at radius 3 is 2.79 bits per heavy atom. The Labute approximate surface area is 161 Å². The Morgan fingerprint density at radius 2 is 1.96 bits per heavy atom. The van der Waals surface area contributed by atoms with Crippen LogP contribution in [0.25, 0.3) is 11.0 Å². The lowest BCUT2D eigenvalue weighted by Crippen LogP contribution is -2.51. The first-order chi connectivity index (χ1) is 13.6. The summed E-state index contributed by atoms with van der Waals surface area (Å²) in [5.41, 5.74) is 1.73. The van der Waals surface area contributed by atoms with Gasteiger partial charge in [-0.3, -0.25) is 19.6 Å². The van der Waals surface area contributed by atoms with E-state index in [1.807, 2.05) is 30.3 Å². The SMILES string of the molecule is O=C(N[C@@H]1CCCN(Cc2ccccc2)C1=O)c1cc(F)cc2nccnc12. The van der Waals surface area contributed by atoms with Crippen LogP contribution in [0.2, 0.25) is 0 Å².